The summed E-state index contributed by atoms with van der Waals surface area (Å²) in [7, 11) is 0. The Morgan fingerprint density at radius 1 is 1.36 bits per heavy atom. The number of hydrogen-bond donors (Lipinski definition) is 0. The van der Waals surface area contributed by atoms with Gasteiger partial charge in [0, 0.05) is 0 Å². The van der Waals surface area contributed by atoms with Gasteiger partial charge >= 0.3 is 0 Å². The molecular formula is C12H14O2. The molecule has 0 aromatic heterocycles. The van der Waals surface area contributed by atoms with Crippen molar-refractivity contribution < 1.29 is 9.53 Å². The summed E-state index contributed by atoms with van der Waals surface area (Å²) in [5, 5.41) is 0. The fraction of sp³-hybridized carbons (Fsp3) is 0.250. The van der Waals surface area contributed by atoms with Gasteiger partial charge in [0.15, 0.2) is 6.29 Å². The molecule has 0 aliphatic rings. The topological polar surface area (TPSA) is 26.3 Å². The molecule has 0 N–H and O–H groups in total. The summed E-state index contributed by atoms with van der Waals surface area (Å²) >= 11 is 0. The van der Waals surface area contributed by atoms with Crippen molar-refractivity contribution in [2.24, 2.45) is 0 Å². The van der Waals surface area contributed by atoms with E-state index in [4.69, 9.17) is 4.74 Å². The highest BCUT2D eigenvalue weighted by atomic mass is 16.5. The van der Waals surface area contributed by atoms with E-state index < -0.39 is 5.60 Å². The van der Waals surface area contributed by atoms with Crippen LogP contribution in [0, 0.1) is 0 Å². The largest absolute Gasteiger partial charge is 0.483 e. The smallest absolute Gasteiger partial charge is 0.153 e. The number of para-hydroxylation sites is 1. The highest BCUT2D eigenvalue weighted by Crippen LogP contribution is 2.22. The minimum Gasteiger partial charge on any atom is -0.483 e. The third-order valence-electron chi connectivity index (χ3n) is 1.91. The lowest BCUT2D eigenvalue weighted by molar-refractivity contribution is 0.111. The molecule has 0 heterocycles. The number of aldehydes is 1. The zero-order chi connectivity index (χ0) is 10.6. The van der Waals surface area contributed by atoms with Gasteiger partial charge in [0.2, 0.25) is 0 Å². The number of carbonyl (C=O) groups is 1. The molecule has 0 saturated heterocycles. The van der Waals surface area contributed by atoms with E-state index in [1.165, 1.54) is 0 Å². The molecule has 1 rings (SSSR count). The summed E-state index contributed by atoms with van der Waals surface area (Å²) < 4.78 is 5.62. The highest BCUT2D eigenvalue weighted by molar-refractivity contribution is 5.79. The Balaban J connectivity index is 2.96. The van der Waals surface area contributed by atoms with Gasteiger partial charge in [0.05, 0.1) is 5.56 Å². The van der Waals surface area contributed by atoms with Crippen LogP contribution >= 0.6 is 0 Å². The van der Waals surface area contributed by atoms with Crippen LogP contribution in [0.3, 0.4) is 0 Å². The molecule has 0 saturated carbocycles. The van der Waals surface area contributed by atoms with Crippen molar-refractivity contribution in [3.63, 3.8) is 0 Å². The van der Waals surface area contributed by atoms with E-state index >= 15 is 0 Å². The monoisotopic (exact) mass is 190 g/mol. The number of hydrogen-bond acceptors (Lipinski definition) is 2. The molecule has 0 atom stereocenters. The molecule has 0 aliphatic heterocycles. The van der Waals surface area contributed by atoms with Gasteiger partial charge < -0.3 is 4.74 Å². The Bertz CT molecular complexity index is 340. The molecule has 0 spiro atoms. The Labute approximate surface area is 84.2 Å². The van der Waals surface area contributed by atoms with Gasteiger partial charge in [-0.3, -0.25) is 4.79 Å². The van der Waals surface area contributed by atoms with Crippen LogP contribution < -0.4 is 4.74 Å². The molecule has 0 aliphatic carbocycles. The fourth-order valence-electron chi connectivity index (χ4n) is 0.996. The predicted octanol–water partition coefficient (Wildman–Crippen LogP) is 2.84. The molecule has 2 heteroatoms. The second kappa shape index (κ2) is 4.09. The van der Waals surface area contributed by atoms with E-state index in [1.54, 1.807) is 24.3 Å². The van der Waals surface area contributed by atoms with Gasteiger partial charge in [-0.15, -0.1) is 0 Å². The molecule has 2 nitrogen and oxygen atoms in total. The van der Waals surface area contributed by atoms with E-state index in [0.29, 0.717) is 11.3 Å². The van der Waals surface area contributed by atoms with Crippen molar-refractivity contribution in [2.75, 3.05) is 0 Å². The van der Waals surface area contributed by atoms with Crippen molar-refractivity contribution in [1.29, 1.82) is 0 Å². The zero-order valence-electron chi connectivity index (χ0n) is 8.49. The lowest BCUT2D eigenvalue weighted by Gasteiger charge is -2.23. The first kappa shape index (κ1) is 10.5. The summed E-state index contributed by atoms with van der Waals surface area (Å²) in [6.45, 7) is 7.45. The number of rotatable bonds is 4. The second-order valence-electron chi connectivity index (χ2n) is 3.57. The van der Waals surface area contributed by atoms with Crippen LogP contribution in [0.15, 0.2) is 36.9 Å². The van der Waals surface area contributed by atoms with Gasteiger partial charge in [0.1, 0.15) is 11.4 Å². The molecule has 0 amide bonds. The van der Waals surface area contributed by atoms with Crippen LogP contribution in [0.25, 0.3) is 0 Å². The number of carbonyl (C=O) groups excluding carboxylic acids is 1. The van der Waals surface area contributed by atoms with Crippen molar-refractivity contribution in [2.45, 2.75) is 19.4 Å². The average molecular weight is 190 g/mol. The molecule has 0 unspecified atom stereocenters. The summed E-state index contributed by atoms with van der Waals surface area (Å²) in [6, 6.07) is 7.13. The maximum absolute atomic E-state index is 10.7. The van der Waals surface area contributed by atoms with Gasteiger partial charge in [-0.25, -0.2) is 0 Å². The maximum Gasteiger partial charge on any atom is 0.153 e. The SMILES string of the molecule is C=CC(C)(C)Oc1ccccc1C=O. The molecule has 1 aromatic rings. The predicted molar refractivity (Wildman–Crippen MR) is 56.7 cm³/mol. The van der Waals surface area contributed by atoms with Gasteiger partial charge in [-0.2, -0.15) is 0 Å². The second-order valence-corrected chi connectivity index (χ2v) is 3.57. The lowest BCUT2D eigenvalue weighted by Crippen LogP contribution is -2.25. The third-order valence-corrected chi connectivity index (χ3v) is 1.91. The Morgan fingerprint density at radius 2 is 2.00 bits per heavy atom. The lowest BCUT2D eigenvalue weighted by atomic mass is 10.1. The fourth-order valence-corrected chi connectivity index (χ4v) is 0.996. The normalized spacial score (nSPS) is 10.7. The molecule has 0 fully saturated rings. The van der Waals surface area contributed by atoms with Crippen LogP contribution in [0.4, 0.5) is 0 Å². The van der Waals surface area contributed by atoms with Gasteiger partial charge in [0.25, 0.3) is 0 Å². The van der Waals surface area contributed by atoms with Crippen LogP contribution in [0.1, 0.15) is 24.2 Å². The van der Waals surface area contributed by atoms with Gasteiger partial charge in [-0.1, -0.05) is 18.7 Å². The standard InChI is InChI=1S/C12H14O2/c1-4-12(2,3)14-11-8-6-5-7-10(11)9-13/h4-9H,1H2,2-3H3. The van der Waals surface area contributed by atoms with Gasteiger partial charge in [-0.05, 0) is 32.1 Å². The van der Waals surface area contributed by atoms with Crippen LogP contribution in [0.5, 0.6) is 5.75 Å². The maximum atomic E-state index is 10.7. The Morgan fingerprint density at radius 3 is 2.57 bits per heavy atom. The van der Waals surface area contributed by atoms with E-state index in [-0.39, 0.29) is 0 Å². The molecular weight excluding hydrogens is 176 g/mol. The molecule has 1 aromatic carbocycles. The molecule has 0 radical (unpaired) electrons. The van der Waals surface area contributed by atoms with Crippen molar-refractivity contribution in [1.82, 2.24) is 0 Å². The van der Waals surface area contributed by atoms with E-state index in [0.717, 1.165) is 6.29 Å². The zero-order valence-corrected chi connectivity index (χ0v) is 8.49. The first-order chi connectivity index (χ1) is 6.59. The molecule has 14 heavy (non-hydrogen) atoms. The van der Waals surface area contributed by atoms with Crippen LogP contribution in [-0.2, 0) is 0 Å². The first-order valence-electron chi connectivity index (χ1n) is 4.46. The molecule has 0 bridgehead atoms. The van der Waals surface area contributed by atoms with Crippen molar-refractivity contribution in [3.8, 4) is 5.75 Å². The van der Waals surface area contributed by atoms with E-state index in [1.807, 2.05) is 19.9 Å². The molecule has 74 valence electrons. The van der Waals surface area contributed by atoms with Crippen LogP contribution in [0.2, 0.25) is 0 Å². The third kappa shape index (κ3) is 2.46. The minimum atomic E-state index is -0.459. The van der Waals surface area contributed by atoms with Crippen molar-refractivity contribution >= 4 is 6.29 Å². The minimum absolute atomic E-state index is 0.459. The van der Waals surface area contributed by atoms with E-state index in [9.17, 15) is 4.79 Å². The number of ether oxygens (including phenoxy) is 1. The average Bonchev–Trinajstić information content (AvgIpc) is 2.18. The number of benzene rings is 1. The quantitative estimate of drug-likeness (QED) is 0.539. The highest BCUT2D eigenvalue weighted by Gasteiger charge is 2.15. The Hall–Kier alpha value is -1.57. The first-order valence-corrected chi connectivity index (χ1v) is 4.46. The summed E-state index contributed by atoms with van der Waals surface area (Å²) in [4.78, 5) is 10.7. The summed E-state index contributed by atoms with van der Waals surface area (Å²) in [6.07, 6.45) is 2.49. The summed E-state index contributed by atoms with van der Waals surface area (Å²) in [5.41, 5.74) is 0.0986. The van der Waals surface area contributed by atoms with E-state index in [2.05, 4.69) is 6.58 Å². The van der Waals surface area contributed by atoms with Crippen LogP contribution in [-0.4, -0.2) is 11.9 Å². The Kier molecular flexibility index (Phi) is 3.07. The summed E-state index contributed by atoms with van der Waals surface area (Å²) in [5.74, 6) is 0.590. The van der Waals surface area contributed by atoms with Crippen molar-refractivity contribution in [3.05, 3.63) is 42.5 Å².